The van der Waals surface area contributed by atoms with Crippen molar-refractivity contribution in [1.82, 2.24) is 14.6 Å². The number of aromatic nitrogens is 3. The van der Waals surface area contributed by atoms with Gasteiger partial charge in [-0.25, -0.2) is 9.37 Å². The lowest BCUT2D eigenvalue weighted by molar-refractivity contribution is 0.568. The van der Waals surface area contributed by atoms with E-state index < -0.39 is 5.82 Å². The molecule has 3 heterocycles. The third-order valence-electron chi connectivity index (χ3n) is 4.62. The molecule has 130 valence electrons. The molecule has 0 aliphatic carbocycles. The van der Waals surface area contributed by atoms with Crippen molar-refractivity contribution in [3.8, 4) is 11.1 Å². The number of anilines is 1. The fourth-order valence-electron chi connectivity index (χ4n) is 3.41. The maximum atomic E-state index is 14.6. The Morgan fingerprint density at radius 2 is 1.84 bits per heavy atom. The number of halogens is 3. The molecule has 1 aliphatic rings. The molecule has 0 N–H and O–H groups in total. The Morgan fingerprint density at radius 1 is 1.08 bits per heavy atom. The van der Waals surface area contributed by atoms with Gasteiger partial charge in [0.15, 0.2) is 5.65 Å². The monoisotopic (exact) mass is 378 g/mol. The van der Waals surface area contributed by atoms with Gasteiger partial charge in [0.2, 0.25) is 0 Å². The van der Waals surface area contributed by atoms with E-state index in [4.69, 9.17) is 23.2 Å². The number of hydrogen-bond donors (Lipinski definition) is 0. The largest absolute Gasteiger partial charge is 0.356 e. The van der Waals surface area contributed by atoms with Crippen molar-refractivity contribution in [1.29, 1.82) is 0 Å². The standard InChI is InChI=1S/C18H17Cl2FN4/c1-11-10-22-25-17(11)23-16(20)15(14-12(19)6-5-7-13(14)21)18(25)24-8-3-2-4-9-24/h5-7,10H,2-4,8-9H2,1H3. The molecule has 3 aromatic rings. The molecular weight excluding hydrogens is 362 g/mol. The van der Waals surface area contributed by atoms with Crippen LogP contribution < -0.4 is 4.90 Å². The first-order valence-electron chi connectivity index (χ1n) is 8.31. The number of hydrogen-bond acceptors (Lipinski definition) is 3. The maximum absolute atomic E-state index is 14.6. The number of rotatable bonds is 2. The Bertz CT molecular complexity index is 928. The Hall–Kier alpha value is -1.85. The van der Waals surface area contributed by atoms with E-state index in [0.717, 1.165) is 37.3 Å². The van der Waals surface area contributed by atoms with Crippen molar-refractivity contribution < 1.29 is 4.39 Å². The van der Waals surface area contributed by atoms with E-state index in [0.29, 0.717) is 16.2 Å². The molecule has 0 radical (unpaired) electrons. The first kappa shape index (κ1) is 16.6. The number of benzene rings is 1. The van der Waals surface area contributed by atoms with Crippen molar-refractivity contribution in [2.24, 2.45) is 0 Å². The van der Waals surface area contributed by atoms with Gasteiger partial charge in [0.1, 0.15) is 16.8 Å². The molecule has 0 amide bonds. The molecule has 7 heteroatoms. The average Bonchev–Trinajstić information content (AvgIpc) is 2.96. The van der Waals surface area contributed by atoms with Crippen LogP contribution in [0.2, 0.25) is 10.2 Å². The summed E-state index contributed by atoms with van der Waals surface area (Å²) in [7, 11) is 0. The van der Waals surface area contributed by atoms with Crippen molar-refractivity contribution in [2.75, 3.05) is 18.0 Å². The minimum absolute atomic E-state index is 0.240. The lowest BCUT2D eigenvalue weighted by Gasteiger charge is -2.31. The number of piperidine rings is 1. The lowest BCUT2D eigenvalue weighted by atomic mass is 10.0. The van der Waals surface area contributed by atoms with E-state index in [1.807, 2.05) is 6.92 Å². The smallest absolute Gasteiger partial charge is 0.161 e. The molecule has 1 fully saturated rings. The second-order valence-corrected chi connectivity index (χ2v) is 7.07. The van der Waals surface area contributed by atoms with Crippen LogP contribution in [0, 0.1) is 12.7 Å². The first-order valence-corrected chi connectivity index (χ1v) is 9.06. The van der Waals surface area contributed by atoms with Crippen LogP contribution >= 0.6 is 23.2 Å². The molecule has 1 saturated heterocycles. The normalized spacial score (nSPS) is 15.1. The van der Waals surface area contributed by atoms with Gasteiger partial charge in [0.25, 0.3) is 0 Å². The van der Waals surface area contributed by atoms with Gasteiger partial charge < -0.3 is 4.90 Å². The molecule has 1 aliphatic heterocycles. The summed E-state index contributed by atoms with van der Waals surface area (Å²) in [6.07, 6.45) is 5.09. The second-order valence-electron chi connectivity index (χ2n) is 6.31. The highest BCUT2D eigenvalue weighted by atomic mass is 35.5. The highest BCUT2D eigenvalue weighted by Gasteiger charge is 2.26. The topological polar surface area (TPSA) is 33.4 Å². The first-order chi connectivity index (χ1) is 12.1. The van der Waals surface area contributed by atoms with Gasteiger partial charge in [-0.15, -0.1) is 0 Å². The quantitative estimate of drug-likeness (QED) is 0.578. The van der Waals surface area contributed by atoms with Crippen LogP contribution in [0.5, 0.6) is 0 Å². The SMILES string of the molecule is Cc1cnn2c(N3CCCCC3)c(-c3c(F)cccc3Cl)c(Cl)nc12. The highest BCUT2D eigenvalue weighted by molar-refractivity contribution is 6.36. The van der Waals surface area contributed by atoms with E-state index in [2.05, 4.69) is 15.0 Å². The van der Waals surface area contributed by atoms with Crippen LogP contribution in [0.3, 0.4) is 0 Å². The van der Waals surface area contributed by atoms with Gasteiger partial charge in [-0.1, -0.05) is 29.3 Å². The third-order valence-corrected chi connectivity index (χ3v) is 5.21. The van der Waals surface area contributed by atoms with Crippen LogP contribution in [0.25, 0.3) is 16.8 Å². The highest BCUT2D eigenvalue weighted by Crippen LogP contribution is 2.42. The minimum Gasteiger partial charge on any atom is -0.356 e. The Morgan fingerprint density at radius 3 is 2.56 bits per heavy atom. The zero-order valence-electron chi connectivity index (χ0n) is 13.8. The summed E-state index contributed by atoms with van der Waals surface area (Å²) in [5, 5.41) is 5.02. The fraction of sp³-hybridized carbons (Fsp3) is 0.333. The fourth-order valence-corrected chi connectivity index (χ4v) is 3.93. The molecule has 0 atom stereocenters. The molecule has 25 heavy (non-hydrogen) atoms. The number of nitrogens with zero attached hydrogens (tertiary/aromatic N) is 4. The van der Waals surface area contributed by atoms with Gasteiger partial charge in [0.05, 0.1) is 16.8 Å². The molecule has 0 unspecified atom stereocenters. The predicted octanol–water partition coefficient (Wildman–Crippen LogP) is 5.14. The van der Waals surface area contributed by atoms with Crippen LogP contribution in [0.4, 0.5) is 10.2 Å². The van der Waals surface area contributed by atoms with Gasteiger partial charge in [-0.05, 0) is 38.3 Å². The zero-order chi connectivity index (χ0) is 17.6. The van der Waals surface area contributed by atoms with Gasteiger partial charge in [-0.2, -0.15) is 9.61 Å². The molecule has 0 bridgehead atoms. The molecule has 0 saturated carbocycles. The molecule has 4 rings (SSSR count). The van der Waals surface area contributed by atoms with Crippen LogP contribution in [0.15, 0.2) is 24.4 Å². The molecule has 4 nitrogen and oxygen atoms in total. The molecule has 2 aromatic heterocycles. The zero-order valence-corrected chi connectivity index (χ0v) is 15.3. The summed E-state index contributed by atoms with van der Waals surface area (Å²) < 4.78 is 16.4. The summed E-state index contributed by atoms with van der Waals surface area (Å²) in [5.41, 5.74) is 2.38. The van der Waals surface area contributed by atoms with E-state index in [1.54, 1.807) is 22.8 Å². The van der Waals surface area contributed by atoms with Crippen LogP contribution in [-0.2, 0) is 0 Å². The number of fused-ring (bicyclic) bond motifs is 1. The summed E-state index contributed by atoms with van der Waals surface area (Å²) in [5.74, 6) is 0.340. The molecular formula is C18H17Cl2FN4. The van der Waals surface area contributed by atoms with E-state index in [1.165, 1.54) is 12.5 Å². The van der Waals surface area contributed by atoms with Crippen molar-refractivity contribution >= 4 is 34.7 Å². The van der Waals surface area contributed by atoms with Crippen molar-refractivity contribution in [3.63, 3.8) is 0 Å². The average molecular weight is 379 g/mol. The van der Waals surface area contributed by atoms with Crippen molar-refractivity contribution in [2.45, 2.75) is 26.2 Å². The third kappa shape index (κ3) is 2.75. The molecule has 0 spiro atoms. The Balaban J connectivity index is 2.07. The summed E-state index contributed by atoms with van der Waals surface area (Å²) in [6, 6.07) is 4.63. The maximum Gasteiger partial charge on any atom is 0.161 e. The minimum atomic E-state index is -0.419. The van der Waals surface area contributed by atoms with Gasteiger partial charge in [0, 0.05) is 24.2 Å². The van der Waals surface area contributed by atoms with Gasteiger partial charge >= 0.3 is 0 Å². The van der Waals surface area contributed by atoms with E-state index in [-0.39, 0.29) is 10.7 Å². The molecule has 1 aromatic carbocycles. The number of aryl methyl sites for hydroxylation is 1. The van der Waals surface area contributed by atoms with E-state index in [9.17, 15) is 4.39 Å². The Labute approximate surface area is 155 Å². The van der Waals surface area contributed by atoms with Crippen LogP contribution in [0.1, 0.15) is 24.8 Å². The summed E-state index contributed by atoms with van der Waals surface area (Å²) >= 11 is 12.9. The van der Waals surface area contributed by atoms with Crippen molar-refractivity contribution in [3.05, 3.63) is 46.0 Å². The van der Waals surface area contributed by atoms with Gasteiger partial charge in [-0.3, -0.25) is 0 Å². The van der Waals surface area contributed by atoms with Crippen LogP contribution in [-0.4, -0.2) is 27.7 Å². The summed E-state index contributed by atoms with van der Waals surface area (Å²) in [6.45, 7) is 3.67. The van der Waals surface area contributed by atoms with E-state index >= 15 is 0 Å². The predicted molar refractivity (Wildman–Crippen MR) is 99.2 cm³/mol. The summed E-state index contributed by atoms with van der Waals surface area (Å²) in [4.78, 5) is 6.67. The second kappa shape index (κ2) is 6.46. The lowest BCUT2D eigenvalue weighted by Crippen LogP contribution is -2.32. The Kier molecular flexibility index (Phi) is 4.29.